The first-order chi connectivity index (χ1) is 13.0. The first kappa shape index (κ1) is 19.9. The highest BCUT2D eigenvalue weighted by Crippen LogP contribution is 2.46. The number of carbonyl (C=O) groups excluding carboxylic acids is 3. The molecule has 3 rings (SSSR count). The second-order valence-electron chi connectivity index (χ2n) is 8.15. The Morgan fingerprint density at radius 3 is 2.85 bits per heavy atom. The fraction of sp³-hybridized carbons (Fsp3) is 0.762. The molecule has 1 aliphatic carbocycles. The van der Waals surface area contributed by atoms with Crippen LogP contribution in [-0.4, -0.2) is 47.4 Å². The molecule has 2 heterocycles. The molecule has 1 N–H and O–H groups in total. The molecule has 2 amide bonds. The predicted molar refractivity (Wildman–Crippen MR) is 102 cm³/mol. The van der Waals surface area contributed by atoms with Gasteiger partial charge in [-0.25, -0.2) is 4.79 Å². The minimum absolute atomic E-state index is 0.0184. The summed E-state index contributed by atoms with van der Waals surface area (Å²) in [7, 11) is 0. The van der Waals surface area contributed by atoms with Crippen LogP contribution in [0.2, 0.25) is 0 Å². The van der Waals surface area contributed by atoms with Crippen molar-refractivity contribution in [3.8, 4) is 0 Å². The Balaban J connectivity index is 1.81. The van der Waals surface area contributed by atoms with Crippen molar-refractivity contribution in [1.29, 1.82) is 0 Å². The van der Waals surface area contributed by atoms with Crippen LogP contribution in [0.4, 0.5) is 0 Å². The van der Waals surface area contributed by atoms with Crippen molar-refractivity contribution in [2.45, 2.75) is 76.8 Å². The Hall–Kier alpha value is -1.85. The summed E-state index contributed by atoms with van der Waals surface area (Å²) in [4.78, 5) is 40.1. The smallest absolute Gasteiger partial charge is 0.332 e. The number of hydrogen-bond acceptors (Lipinski definition) is 4. The van der Waals surface area contributed by atoms with Crippen LogP contribution >= 0.6 is 0 Å². The summed E-state index contributed by atoms with van der Waals surface area (Å²) in [5.41, 5.74) is -0.952. The molecular formula is C21H32N2O4. The van der Waals surface area contributed by atoms with Gasteiger partial charge in [0.05, 0.1) is 6.61 Å². The standard InChI is InChI=1S/C21H32N2O4/c1-3-27-20(26)21-14-16(21)11-8-6-4-5-7-10-15(2)19(25)23-13-9-12-17(23)18(24)22-21/h8,11,15-17H,3-7,9-10,12-14H2,1-2H3,(H,22,24)/b11-8-/t15-,16+,17-,21+/m0/s1. The number of esters is 1. The van der Waals surface area contributed by atoms with Gasteiger partial charge in [-0.05, 0) is 45.4 Å². The lowest BCUT2D eigenvalue weighted by Gasteiger charge is -2.28. The molecule has 6 heteroatoms. The van der Waals surface area contributed by atoms with Crippen LogP contribution in [0.25, 0.3) is 0 Å². The van der Waals surface area contributed by atoms with E-state index in [9.17, 15) is 14.4 Å². The topological polar surface area (TPSA) is 75.7 Å². The average Bonchev–Trinajstić information content (AvgIpc) is 3.12. The van der Waals surface area contributed by atoms with Crippen molar-refractivity contribution >= 4 is 17.8 Å². The second-order valence-corrected chi connectivity index (χ2v) is 8.15. The Labute approximate surface area is 161 Å². The summed E-state index contributed by atoms with van der Waals surface area (Å²) >= 11 is 0. The maximum absolute atomic E-state index is 13.0. The third-order valence-corrected chi connectivity index (χ3v) is 6.14. The molecule has 6 nitrogen and oxygen atoms in total. The van der Waals surface area contributed by atoms with Crippen molar-refractivity contribution < 1.29 is 19.1 Å². The molecule has 1 saturated heterocycles. The predicted octanol–water partition coefficient (Wildman–Crippen LogP) is 2.57. The van der Waals surface area contributed by atoms with Gasteiger partial charge in [-0.15, -0.1) is 0 Å². The molecule has 2 aliphatic heterocycles. The summed E-state index contributed by atoms with van der Waals surface area (Å²) in [6, 6.07) is -0.471. The largest absolute Gasteiger partial charge is 0.464 e. The number of amides is 2. The number of ether oxygens (including phenoxy) is 1. The molecule has 4 atom stereocenters. The highest BCUT2D eigenvalue weighted by molar-refractivity contribution is 5.95. The molecule has 150 valence electrons. The minimum atomic E-state index is -0.952. The molecule has 0 spiro atoms. The number of allylic oxidation sites excluding steroid dienone is 1. The molecule has 27 heavy (non-hydrogen) atoms. The fourth-order valence-electron chi connectivity index (χ4n) is 4.37. The van der Waals surface area contributed by atoms with Gasteiger partial charge < -0.3 is 15.0 Å². The molecule has 0 bridgehead atoms. The molecule has 0 aromatic heterocycles. The zero-order chi connectivity index (χ0) is 19.4. The van der Waals surface area contributed by atoms with Gasteiger partial charge in [-0.1, -0.05) is 31.9 Å². The molecular weight excluding hydrogens is 344 g/mol. The lowest BCUT2D eigenvalue weighted by atomic mass is 10.0. The number of carbonyl (C=O) groups is 3. The Kier molecular flexibility index (Phi) is 6.22. The van der Waals surface area contributed by atoms with Gasteiger partial charge in [0, 0.05) is 18.4 Å². The van der Waals surface area contributed by atoms with Crippen molar-refractivity contribution in [3.05, 3.63) is 12.2 Å². The van der Waals surface area contributed by atoms with Crippen LogP contribution in [0, 0.1) is 11.8 Å². The van der Waals surface area contributed by atoms with E-state index >= 15 is 0 Å². The van der Waals surface area contributed by atoms with Gasteiger partial charge in [0.25, 0.3) is 0 Å². The van der Waals surface area contributed by atoms with Gasteiger partial charge in [-0.3, -0.25) is 9.59 Å². The van der Waals surface area contributed by atoms with Crippen LogP contribution in [0.1, 0.15) is 65.2 Å². The maximum Gasteiger partial charge on any atom is 0.332 e. The molecule has 0 unspecified atom stereocenters. The number of nitrogens with one attached hydrogen (secondary N) is 1. The Morgan fingerprint density at radius 1 is 1.26 bits per heavy atom. The summed E-state index contributed by atoms with van der Waals surface area (Å²) in [5, 5.41) is 2.97. The van der Waals surface area contributed by atoms with Gasteiger partial charge in [0.2, 0.25) is 11.8 Å². The third kappa shape index (κ3) is 4.19. The zero-order valence-electron chi connectivity index (χ0n) is 16.5. The van der Waals surface area contributed by atoms with Gasteiger partial charge in [0.15, 0.2) is 0 Å². The van der Waals surface area contributed by atoms with Crippen molar-refractivity contribution in [3.63, 3.8) is 0 Å². The van der Waals surface area contributed by atoms with E-state index in [4.69, 9.17) is 4.74 Å². The van der Waals surface area contributed by atoms with E-state index in [2.05, 4.69) is 17.5 Å². The molecule has 3 aliphatic rings. The van der Waals surface area contributed by atoms with E-state index in [0.29, 0.717) is 26.0 Å². The number of nitrogens with zero attached hydrogens (tertiary/aromatic N) is 1. The number of fused-ring (bicyclic) bond motifs is 2. The lowest BCUT2D eigenvalue weighted by molar-refractivity contribution is -0.150. The summed E-state index contributed by atoms with van der Waals surface area (Å²) in [6.07, 6.45) is 11.3. The summed E-state index contributed by atoms with van der Waals surface area (Å²) in [6.45, 7) is 4.65. The van der Waals surface area contributed by atoms with Crippen LogP contribution < -0.4 is 5.32 Å². The van der Waals surface area contributed by atoms with E-state index in [1.54, 1.807) is 11.8 Å². The lowest BCUT2D eigenvalue weighted by Crippen LogP contribution is -2.54. The Morgan fingerprint density at radius 2 is 2.07 bits per heavy atom. The zero-order valence-corrected chi connectivity index (χ0v) is 16.5. The monoisotopic (exact) mass is 376 g/mol. The molecule has 0 radical (unpaired) electrons. The van der Waals surface area contributed by atoms with E-state index in [0.717, 1.165) is 38.5 Å². The summed E-state index contributed by atoms with van der Waals surface area (Å²) < 4.78 is 5.24. The van der Waals surface area contributed by atoms with Crippen LogP contribution in [0.5, 0.6) is 0 Å². The second kappa shape index (κ2) is 8.44. The SMILES string of the molecule is CCOC(=O)[C@@]12C[C@H]1/C=C\CCCCC[C@H](C)C(=O)N1CCC[C@H]1C(=O)N2. The first-order valence-electron chi connectivity index (χ1n) is 10.5. The number of hydrogen-bond donors (Lipinski definition) is 1. The van der Waals surface area contributed by atoms with Crippen molar-refractivity contribution in [2.75, 3.05) is 13.2 Å². The van der Waals surface area contributed by atoms with E-state index < -0.39 is 11.6 Å². The minimum Gasteiger partial charge on any atom is -0.464 e. The van der Waals surface area contributed by atoms with Gasteiger partial charge in [0.1, 0.15) is 11.6 Å². The normalized spacial score (nSPS) is 35.9. The highest BCUT2D eigenvalue weighted by atomic mass is 16.5. The molecule has 2 fully saturated rings. The number of rotatable bonds is 2. The maximum atomic E-state index is 13.0. The van der Waals surface area contributed by atoms with Crippen LogP contribution in [0.3, 0.4) is 0 Å². The van der Waals surface area contributed by atoms with E-state index in [-0.39, 0.29) is 29.6 Å². The third-order valence-electron chi connectivity index (χ3n) is 6.14. The molecule has 0 aromatic rings. The van der Waals surface area contributed by atoms with Gasteiger partial charge >= 0.3 is 5.97 Å². The first-order valence-corrected chi connectivity index (χ1v) is 10.5. The van der Waals surface area contributed by atoms with Crippen molar-refractivity contribution in [1.82, 2.24) is 10.2 Å². The molecule has 1 saturated carbocycles. The molecule has 0 aromatic carbocycles. The van der Waals surface area contributed by atoms with Crippen LogP contribution in [-0.2, 0) is 19.1 Å². The fourth-order valence-corrected chi connectivity index (χ4v) is 4.37. The quantitative estimate of drug-likeness (QED) is 0.594. The van der Waals surface area contributed by atoms with Gasteiger partial charge in [-0.2, -0.15) is 0 Å². The highest BCUT2D eigenvalue weighted by Gasteiger charge is 2.61. The van der Waals surface area contributed by atoms with Crippen molar-refractivity contribution in [2.24, 2.45) is 11.8 Å². The Bertz CT molecular complexity index is 617. The average molecular weight is 376 g/mol. The van der Waals surface area contributed by atoms with E-state index in [1.807, 2.05) is 6.92 Å². The van der Waals surface area contributed by atoms with Crippen LogP contribution in [0.15, 0.2) is 12.2 Å². The summed E-state index contributed by atoms with van der Waals surface area (Å²) in [5.74, 6) is -0.589. The van der Waals surface area contributed by atoms with E-state index in [1.165, 1.54) is 0 Å².